The lowest BCUT2D eigenvalue weighted by molar-refractivity contribution is 0.175. The first-order chi connectivity index (χ1) is 8.99. The fourth-order valence-electron chi connectivity index (χ4n) is 2.31. The first-order valence-electron chi connectivity index (χ1n) is 7.11. The molecule has 4 heteroatoms. The van der Waals surface area contributed by atoms with Crippen molar-refractivity contribution in [2.75, 3.05) is 26.7 Å². The minimum Gasteiger partial charge on any atom is -0.316 e. The van der Waals surface area contributed by atoms with Crippen molar-refractivity contribution >= 4 is 27.3 Å². The monoisotopic (exact) mass is 346 g/mol. The number of rotatable bonds is 9. The molecule has 0 amide bonds. The van der Waals surface area contributed by atoms with Gasteiger partial charge in [0.25, 0.3) is 0 Å². The average Bonchev–Trinajstić information content (AvgIpc) is 2.74. The van der Waals surface area contributed by atoms with Gasteiger partial charge in [-0.15, -0.1) is 11.3 Å². The molecule has 1 N–H and O–H groups in total. The van der Waals surface area contributed by atoms with Crippen LogP contribution in [0, 0.1) is 5.41 Å². The maximum Gasteiger partial charge on any atom is 0.0701 e. The van der Waals surface area contributed by atoms with Crippen LogP contribution in [0.1, 0.15) is 39.2 Å². The van der Waals surface area contributed by atoms with E-state index >= 15 is 0 Å². The molecule has 0 saturated heterocycles. The largest absolute Gasteiger partial charge is 0.316 e. The van der Waals surface area contributed by atoms with Crippen molar-refractivity contribution < 1.29 is 0 Å². The molecular weight excluding hydrogens is 320 g/mol. The molecule has 0 spiro atoms. The Bertz CT molecular complexity index is 367. The van der Waals surface area contributed by atoms with Crippen LogP contribution < -0.4 is 5.32 Å². The molecule has 1 unspecified atom stereocenters. The van der Waals surface area contributed by atoms with E-state index in [1.54, 1.807) is 11.3 Å². The van der Waals surface area contributed by atoms with Crippen molar-refractivity contribution in [1.82, 2.24) is 10.2 Å². The predicted octanol–water partition coefficient (Wildman–Crippen LogP) is 4.36. The average molecular weight is 347 g/mol. The lowest BCUT2D eigenvalue weighted by Gasteiger charge is -2.33. The summed E-state index contributed by atoms with van der Waals surface area (Å²) in [6.45, 7) is 11.3. The fraction of sp³-hybridized carbons (Fsp3) is 0.733. The van der Waals surface area contributed by atoms with Crippen LogP contribution in [0.5, 0.6) is 0 Å². The van der Waals surface area contributed by atoms with Gasteiger partial charge in [0.15, 0.2) is 0 Å². The molecule has 0 radical (unpaired) electrons. The minimum atomic E-state index is 0.358. The highest BCUT2D eigenvalue weighted by Crippen LogP contribution is 2.24. The van der Waals surface area contributed by atoms with E-state index in [2.05, 4.69) is 65.4 Å². The summed E-state index contributed by atoms with van der Waals surface area (Å²) in [5.74, 6) is 0. The smallest absolute Gasteiger partial charge is 0.0701 e. The molecule has 1 rings (SSSR count). The molecule has 110 valence electrons. The number of nitrogens with one attached hydrogen (secondary N) is 1. The highest BCUT2D eigenvalue weighted by molar-refractivity contribution is 9.11. The normalized spacial score (nSPS) is 14.8. The van der Waals surface area contributed by atoms with Crippen LogP contribution in [0.2, 0.25) is 0 Å². The molecule has 0 aliphatic rings. The third-order valence-corrected chi connectivity index (χ3v) is 5.11. The van der Waals surface area contributed by atoms with Gasteiger partial charge in [-0.25, -0.2) is 0 Å². The molecule has 1 atom stereocenters. The molecule has 2 nitrogen and oxygen atoms in total. The van der Waals surface area contributed by atoms with Crippen LogP contribution in [0.3, 0.4) is 0 Å². The van der Waals surface area contributed by atoms with Crippen LogP contribution in [-0.2, 0) is 6.54 Å². The highest BCUT2D eigenvalue weighted by Gasteiger charge is 2.23. The summed E-state index contributed by atoms with van der Waals surface area (Å²) in [5, 5.41) is 5.80. The first kappa shape index (κ1) is 17.2. The third kappa shape index (κ3) is 6.39. The van der Waals surface area contributed by atoms with Gasteiger partial charge < -0.3 is 10.2 Å². The number of hydrogen-bond donors (Lipinski definition) is 1. The number of hydrogen-bond acceptors (Lipinski definition) is 3. The van der Waals surface area contributed by atoms with Crippen LogP contribution in [0.15, 0.2) is 15.2 Å². The maximum atomic E-state index is 3.57. The van der Waals surface area contributed by atoms with Crippen LogP contribution >= 0.6 is 27.3 Å². The van der Waals surface area contributed by atoms with E-state index in [0.29, 0.717) is 5.41 Å². The molecule has 0 bridgehead atoms. The summed E-state index contributed by atoms with van der Waals surface area (Å²) >= 11 is 5.29. The predicted molar refractivity (Wildman–Crippen MR) is 89.9 cm³/mol. The molecule has 1 aromatic heterocycles. The zero-order valence-corrected chi connectivity index (χ0v) is 15.0. The van der Waals surface area contributed by atoms with Gasteiger partial charge in [-0.1, -0.05) is 20.8 Å². The molecule has 1 heterocycles. The molecule has 0 aliphatic carbocycles. The van der Waals surface area contributed by atoms with Gasteiger partial charge in [-0.3, -0.25) is 0 Å². The van der Waals surface area contributed by atoms with Crippen molar-refractivity contribution in [3.63, 3.8) is 0 Å². The van der Waals surface area contributed by atoms with Crippen LogP contribution in [0.4, 0.5) is 0 Å². The Balaban J connectivity index is 2.45. The summed E-state index contributed by atoms with van der Waals surface area (Å²) in [4.78, 5) is 2.44. The van der Waals surface area contributed by atoms with Gasteiger partial charge in [-0.2, -0.15) is 0 Å². The Morgan fingerprint density at radius 2 is 2.16 bits per heavy atom. The minimum absolute atomic E-state index is 0.358. The van der Waals surface area contributed by atoms with Crippen LogP contribution in [-0.4, -0.2) is 31.6 Å². The first-order valence-corrected chi connectivity index (χ1v) is 8.78. The Morgan fingerprint density at radius 1 is 1.42 bits per heavy atom. The van der Waals surface area contributed by atoms with Crippen molar-refractivity contribution in [1.29, 1.82) is 0 Å². The van der Waals surface area contributed by atoms with Crippen molar-refractivity contribution in [2.24, 2.45) is 5.41 Å². The Kier molecular flexibility index (Phi) is 7.58. The van der Waals surface area contributed by atoms with E-state index in [1.807, 2.05) is 0 Å². The Hall–Kier alpha value is 0.100. The summed E-state index contributed by atoms with van der Waals surface area (Å²) in [6.07, 6.45) is 2.42. The maximum absolute atomic E-state index is 3.57. The fourth-order valence-corrected chi connectivity index (χ4v) is 3.51. The summed E-state index contributed by atoms with van der Waals surface area (Å²) in [7, 11) is 2.22. The summed E-state index contributed by atoms with van der Waals surface area (Å²) in [6, 6.07) is 2.22. The van der Waals surface area contributed by atoms with Crippen molar-refractivity contribution in [3.8, 4) is 0 Å². The van der Waals surface area contributed by atoms with E-state index in [1.165, 1.54) is 22.2 Å². The summed E-state index contributed by atoms with van der Waals surface area (Å²) < 4.78 is 1.22. The van der Waals surface area contributed by atoms with Gasteiger partial charge in [0, 0.05) is 19.6 Å². The number of nitrogens with zero attached hydrogens (tertiary/aromatic N) is 1. The van der Waals surface area contributed by atoms with E-state index < -0.39 is 0 Å². The second-order valence-corrected chi connectivity index (χ2v) is 8.06. The second-order valence-electron chi connectivity index (χ2n) is 5.77. The van der Waals surface area contributed by atoms with Gasteiger partial charge in [-0.05, 0) is 64.8 Å². The molecule has 0 aliphatic heterocycles. The van der Waals surface area contributed by atoms with Gasteiger partial charge in [0.2, 0.25) is 0 Å². The van der Waals surface area contributed by atoms with Gasteiger partial charge in [0.1, 0.15) is 0 Å². The van der Waals surface area contributed by atoms with E-state index in [0.717, 1.165) is 26.2 Å². The standard InChI is InChI=1S/C15H27BrN2S/c1-5-7-17-11-15(3,6-2)12-18(4)9-13-8-14(16)19-10-13/h8,10,17H,5-7,9,11-12H2,1-4H3. The van der Waals surface area contributed by atoms with E-state index in [4.69, 9.17) is 0 Å². The van der Waals surface area contributed by atoms with Crippen LogP contribution in [0.25, 0.3) is 0 Å². The molecule has 1 aromatic rings. The van der Waals surface area contributed by atoms with Crippen molar-refractivity contribution in [2.45, 2.75) is 40.2 Å². The molecule has 0 fully saturated rings. The second kappa shape index (κ2) is 8.40. The SMILES string of the molecule is CCCNCC(C)(CC)CN(C)Cc1csc(Br)c1. The molecular formula is C15H27BrN2S. The van der Waals surface area contributed by atoms with E-state index in [-0.39, 0.29) is 0 Å². The number of thiophene rings is 1. The molecule has 0 saturated carbocycles. The third-order valence-electron chi connectivity index (χ3n) is 3.56. The quantitative estimate of drug-likeness (QED) is 0.668. The Morgan fingerprint density at radius 3 is 2.68 bits per heavy atom. The lowest BCUT2D eigenvalue weighted by Crippen LogP contribution is -2.40. The summed E-state index contributed by atoms with van der Waals surface area (Å²) in [5.41, 5.74) is 1.76. The van der Waals surface area contributed by atoms with Gasteiger partial charge >= 0.3 is 0 Å². The topological polar surface area (TPSA) is 15.3 Å². The zero-order valence-electron chi connectivity index (χ0n) is 12.6. The van der Waals surface area contributed by atoms with Crippen molar-refractivity contribution in [3.05, 3.63) is 20.8 Å². The Labute approximate surface area is 130 Å². The molecule has 19 heavy (non-hydrogen) atoms. The zero-order chi connectivity index (χ0) is 14.3. The van der Waals surface area contributed by atoms with Gasteiger partial charge in [0.05, 0.1) is 3.79 Å². The molecule has 0 aromatic carbocycles. The number of halogens is 1. The van der Waals surface area contributed by atoms with E-state index in [9.17, 15) is 0 Å². The lowest BCUT2D eigenvalue weighted by atomic mass is 9.86. The highest BCUT2D eigenvalue weighted by atomic mass is 79.9.